The summed E-state index contributed by atoms with van der Waals surface area (Å²) in [6, 6.07) is 0.565. The highest BCUT2D eigenvalue weighted by Gasteiger charge is 2.25. The van der Waals surface area contributed by atoms with E-state index in [1.807, 2.05) is 11.9 Å². The topological polar surface area (TPSA) is 38.8 Å². The molecule has 1 unspecified atom stereocenters. The Morgan fingerprint density at radius 1 is 1.24 bits per heavy atom. The van der Waals surface area contributed by atoms with Crippen molar-refractivity contribution in [2.75, 3.05) is 59.9 Å². The summed E-state index contributed by atoms with van der Waals surface area (Å²) in [7, 11) is 4.11. The van der Waals surface area contributed by atoms with Gasteiger partial charge >= 0.3 is 0 Å². The van der Waals surface area contributed by atoms with E-state index in [0.29, 0.717) is 18.5 Å². The van der Waals surface area contributed by atoms with Crippen molar-refractivity contribution in [1.29, 1.82) is 0 Å². The van der Waals surface area contributed by atoms with Gasteiger partial charge in [0.15, 0.2) is 0 Å². The van der Waals surface area contributed by atoms with Gasteiger partial charge in [-0.1, -0.05) is 0 Å². The first-order valence-corrected chi connectivity index (χ1v) is 6.55. The third kappa shape index (κ3) is 3.40. The Morgan fingerprint density at radius 3 is 2.53 bits per heavy atom. The molecule has 0 aromatic carbocycles. The number of likely N-dealkylation sites (N-methyl/N-ethyl adjacent to an activating group) is 2. The van der Waals surface area contributed by atoms with Gasteiger partial charge in [0, 0.05) is 45.3 Å². The number of hydrogen-bond donors (Lipinski definition) is 1. The van der Waals surface area contributed by atoms with E-state index in [2.05, 4.69) is 22.2 Å². The number of rotatable bonds is 3. The van der Waals surface area contributed by atoms with Gasteiger partial charge in [-0.25, -0.2) is 0 Å². The summed E-state index contributed by atoms with van der Waals surface area (Å²) in [5.74, 6) is 0.301. The molecule has 0 radical (unpaired) electrons. The monoisotopic (exact) mass is 240 g/mol. The second kappa shape index (κ2) is 5.80. The van der Waals surface area contributed by atoms with Gasteiger partial charge in [0.05, 0.1) is 6.54 Å². The summed E-state index contributed by atoms with van der Waals surface area (Å²) in [6.07, 6.45) is 1.16. The maximum Gasteiger partial charge on any atom is 0.236 e. The van der Waals surface area contributed by atoms with Crippen LogP contribution >= 0.6 is 0 Å². The molecule has 1 amide bonds. The molecule has 0 aliphatic carbocycles. The predicted octanol–water partition coefficient (Wildman–Crippen LogP) is -0.946. The summed E-state index contributed by atoms with van der Waals surface area (Å²) in [6.45, 7) is 6.44. The molecule has 2 fully saturated rings. The van der Waals surface area contributed by atoms with Crippen LogP contribution in [0.4, 0.5) is 0 Å². The van der Waals surface area contributed by atoms with Crippen molar-refractivity contribution in [1.82, 2.24) is 20.0 Å². The third-order valence-corrected chi connectivity index (χ3v) is 3.90. The van der Waals surface area contributed by atoms with Gasteiger partial charge in [-0.05, 0) is 20.5 Å². The molecule has 98 valence electrons. The van der Waals surface area contributed by atoms with Crippen LogP contribution in [0.5, 0.6) is 0 Å². The van der Waals surface area contributed by atoms with Crippen LogP contribution in [-0.4, -0.2) is 86.6 Å². The summed E-state index contributed by atoms with van der Waals surface area (Å²) < 4.78 is 0. The van der Waals surface area contributed by atoms with E-state index in [9.17, 15) is 4.79 Å². The van der Waals surface area contributed by atoms with Crippen molar-refractivity contribution in [3.8, 4) is 0 Å². The van der Waals surface area contributed by atoms with Gasteiger partial charge < -0.3 is 15.1 Å². The molecule has 17 heavy (non-hydrogen) atoms. The van der Waals surface area contributed by atoms with Gasteiger partial charge in [-0.15, -0.1) is 0 Å². The lowest BCUT2D eigenvalue weighted by Crippen LogP contribution is -2.50. The molecule has 2 rings (SSSR count). The smallest absolute Gasteiger partial charge is 0.236 e. The van der Waals surface area contributed by atoms with Gasteiger partial charge in [-0.3, -0.25) is 9.69 Å². The summed E-state index contributed by atoms with van der Waals surface area (Å²) in [5.41, 5.74) is 0. The zero-order chi connectivity index (χ0) is 12.3. The van der Waals surface area contributed by atoms with Crippen molar-refractivity contribution in [3.63, 3.8) is 0 Å². The van der Waals surface area contributed by atoms with E-state index in [4.69, 9.17) is 0 Å². The van der Waals surface area contributed by atoms with Gasteiger partial charge in [0.2, 0.25) is 5.91 Å². The minimum atomic E-state index is 0.301. The minimum Gasteiger partial charge on any atom is -0.339 e. The first-order valence-electron chi connectivity index (χ1n) is 6.55. The lowest BCUT2D eigenvalue weighted by atomic mass is 10.3. The van der Waals surface area contributed by atoms with Crippen molar-refractivity contribution in [2.45, 2.75) is 12.5 Å². The lowest BCUT2D eigenvalue weighted by Gasteiger charge is -2.33. The molecule has 2 heterocycles. The molecular formula is C12H24N4O. The van der Waals surface area contributed by atoms with Crippen molar-refractivity contribution < 1.29 is 4.79 Å². The first-order chi connectivity index (χ1) is 8.19. The second-order valence-corrected chi connectivity index (χ2v) is 5.19. The molecule has 0 bridgehead atoms. The number of nitrogens with zero attached hydrogens (tertiary/aromatic N) is 3. The molecule has 2 aliphatic rings. The molecule has 0 saturated carbocycles. The fourth-order valence-corrected chi connectivity index (χ4v) is 2.56. The Kier molecular flexibility index (Phi) is 4.36. The number of carbonyl (C=O) groups is 1. The van der Waals surface area contributed by atoms with E-state index in [-0.39, 0.29) is 0 Å². The lowest BCUT2D eigenvalue weighted by molar-refractivity contribution is -0.133. The Labute approximate surface area is 104 Å². The number of nitrogens with one attached hydrogen (secondary N) is 1. The molecule has 5 nitrogen and oxygen atoms in total. The molecule has 0 spiro atoms. The molecule has 1 N–H and O–H groups in total. The zero-order valence-electron chi connectivity index (χ0n) is 11.0. The molecule has 2 saturated heterocycles. The highest BCUT2D eigenvalue weighted by atomic mass is 16.2. The fourth-order valence-electron chi connectivity index (χ4n) is 2.56. The van der Waals surface area contributed by atoms with Crippen LogP contribution in [0.3, 0.4) is 0 Å². The zero-order valence-corrected chi connectivity index (χ0v) is 11.0. The number of carbonyl (C=O) groups excluding carboxylic acids is 1. The van der Waals surface area contributed by atoms with Gasteiger partial charge in [0.1, 0.15) is 0 Å². The van der Waals surface area contributed by atoms with Crippen molar-refractivity contribution in [2.24, 2.45) is 0 Å². The quantitative estimate of drug-likeness (QED) is 0.691. The average Bonchev–Trinajstić information content (AvgIpc) is 2.77. The van der Waals surface area contributed by atoms with Crippen molar-refractivity contribution >= 4 is 5.91 Å². The Balaban J connectivity index is 1.74. The van der Waals surface area contributed by atoms with Crippen LogP contribution < -0.4 is 5.32 Å². The maximum absolute atomic E-state index is 12.1. The van der Waals surface area contributed by atoms with Crippen LogP contribution in [0.2, 0.25) is 0 Å². The minimum absolute atomic E-state index is 0.301. The Hall–Kier alpha value is -0.650. The highest BCUT2D eigenvalue weighted by molar-refractivity contribution is 5.78. The van der Waals surface area contributed by atoms with Crippen LogP contribution in [0.15, 0.2) is 0 Å². The van der Waals surface area contributed by atoms with E-state index in [1.54, 1.807) is 0 Å². The van der Waals surface area contributed by atoms with E-state index >= 15 is 0 Å². The fraction of sp³-hybridized carbons (Fsp3) is 0.917. The van der Waals surface area contributed by atoms with Crippen LogP contribution in [0.25, 0.3) is 0 Å². The van der Waals surface area contributed by atoms with E-state index < -0.39 is 0 Å². The van der Waals surface area contributed by atoms with E-state index in [1.165, 1.54) is 0 Å². The number of piperazine rings is 1. The maximum atomic E-state index is 12.1. The summed E-state index contributed by atoms with van der Waals surface area (Å²) in [4.78, 5) is 18.6. The predicted molar refractivity (Wildman–Crippen MR) is 68.0 cm³/mol. The van der Waals surface area contributed by atoms with Gasteiger partial charge in [-0.2, -0.15) is 0 Å². The Bertz CT molecular complexity index is 263. The molecule has 0 aromatic rings. The Morgan fingerprint density at radius 2 is 1.94 bits per heavy atom. The standard InChI is InChI=1S/C12H24N4O/c1-13-11-3-4-15(9-11)10-12(17)16-7-5-14(2)6-8-16/h11,13H,3-10H2,1-2H3. The van der Waals surface area contributed by atoms with Gasteiger partial charge in [0.25, 0.3) is 0 Å². The highest BCUT2D eigenvalue weighted by Crippen LogP contribution is 2.09. The summed E-state index contributed by atoms with van der Waals surface area (Å²) in [5, 5.41) is 3.28. The largest absolute Gasteiger partial charge is 0.339 e. The van der Waals surface area contributed by atoms with Crippen LogP contribution in [-0.2, 0) is 4.79 Å². The molecule has 2 aliphatic heterocycles. The van der Waals surface area contributed by atoms with E-state index in [0.717, 1.165) is 45.7 Å². The third-order valence-electron chi connectivity index (χ3n) is 3.90. The van der Waals surface area contributed by atoms with Crippen LogP contribution in [0, 0.1) is 0 Å². The van der Waals surface area contributed by atoms with Crippen LogP contribution in [0.1, 0.15) is 6.42 Å². The number of hydrogen-bond acceptors (Lipinski definition) is 4. The average molecular weight is 240 g/mol. The molecule has 0 aromatic heterocycles. The summed E-state index contributed by atoms with van der Waals surface area (Å²) >= 11 is 0. The SMILES string of the molecule is CNC1CCN(CC(=O)N2CCN(C)CC2)C1. The van der Waals surface area contributed by atoms with Crippen molar-refractivity contribution in [3.05, 3.63) is 0 Å². The first kappa shape index (κ1) is 12.8. The molecular weight excluding hydrogens is 216 g/mol. The normalized spacial score (nSPS) is 27.6. The number of amides is 1. The molecule has 1 atom stereocenters. The number of likely N-dealkylation sites (tertiary alicyclic amines) is 1. The molecule has 5 heteroatoms. The second-order valence-electron chi connectivity index (χ2n) is 5.19.